The number of anilines is 1. The molecular formula is C22H20ClF4N5O4. The van der Waals surface area contributed by atoms with Gasteiger partial charge in [-0.1, -0.05) is 11.6 Å². The van der Waals surface area contributed by atoms with E-state index >= 15 is 4.39 Å². The van der Waals surface area contributed by atoms with Crippen molar-refractivity contribution in [1.29, 1.82) is 0 Å². The Morgan fingerprint density at radius 2 is 2.08 bits per heavy atom. The van der Waals surface area contributed by atoms with Crippen LogP contribution in [-0.2, 0) is 17.9 Å². The van der Waals surface area contributed by atoms with Gasteiger partial charge in [-0.2, -0.15) is 17.9 Å². The van der Waals surface area contributed by atoms with Gasteiger partial charge in [-0.25, -0.2) is 9.18 Å². The maximum absolute atomic E-state index is 15.2. The third kappa shape index (κ3) is 5.07. The summed E-state index contributed by atoms with van der Waals surface area (Å²) < 4.78 is 67.4. The van der Waals surface area contributed by atoms with Gasteiger partial charge in [0.15, 0.2) is 11.9 Å². The van der Waals surface area contributed by atoms with Crippen molar-refractivity contribution in [3.63, 3.8) is 0 Å². The van der Waals surface area contributed by atoms with Crippen molar-refractivity contribution in [1.82, 2.24) is 19.3 Å². The largest absolute Gasteiger partial charge is 0.480 e. The first-order chi connectivity index (χ1) is 17.0. The van der Waals surface area contributed by atoms with Crippen molar-refractivity contribution in [2.75, 3.05) is 11.9 Å². The van der Waals surface area contributed by atoms with E-state index in [1.807, 2.05) is 0 Å². The van der Waals surface area contributed by atoms with E-state index in [9.17, 15) is 22.8 Å². The zero-order valence-electron chi connectivity index (χ0n) is 19.0. The quantitative estimate of drug-likeness (QED) is 0.501. The number of hydrogen-bond donors (Lipinski definition) is 1. The second-order valence-electron chi connectivity index (χ2n) is 7.98. The first-order valence-electron chi connectivity index (χ1n) is 10.7. The Morgan fingerprint density at radius 1 is 1.33 bits per heavy atom. The van der Waals surface area contributed by atoms with E-state index in [0.29, 0.717) is 29.5 Å². The van der Waals surface area contributed by atoms with E-state index in [4.69, 9.17) is 21.1 Å². The molecule has 4 rings (SSSR count). The molecule has 0 bridgehead atoms. The van der Waals surface area contributed by atoms with Gasteiger partial charge in [-0.3, -0.25) is 14.3 Å². The van der Waals surface area contributed by atoms with Crippen LogP contribution in [0.2, 0.25) is 5.02 Å². The van der Waals surface area contributed by atoms with Crippen LogP contribution in [0, 0.1) is 12.7 Å². The molecule has 192 valence electrons. The van der Waals surface area contributed by atoms with Gasteiger partial charge in [0, 0.05) is 25.4 Å². The fourth-order valence-corrected chi connectivity index (χ4v) is 3.76. The Kier molecular flexibility index (Phi) is 7.05. The molecule has 9 nitrogen and oxygen atoms in total. The molecule has 1 aromatic carbocycles. The van der Waals surface area contributed by atoms with Crippen LogP contribution in [0.5, 0.6) is 5.75 Å². The fraction of sp³-hybridized carbons (Fsp3) is 0.364. The lowest BCUT2D eigenvalue weighted by molar-refractivity contribution is -0.189. The average Bonchev–Trinajstić information content (AvgIpc) is 2.96. The maximum atomic E-state index is 15.2. The first-order valence-corrected chi connectivity index (χ1v) is 11.1. The summed E-state index contributed by atoms with van der Waals surface area (Å²) in [4.78, 5) is 29.9. The normalized spacial score (nSPS) is 14.6. The molecule has 1 aliphatic heterocycles. The van der Waals surface area contributed by atoms with Gasteiger partial charge >= 0.3 is 11.9 Å². The van der Waals surface area contributed by atoms with E-state index in [1.54, 1.807) is 6.92 Å². The van der Waals surface area contributed by atoms with E-state index < -0.39 is 46.7 Å². The minimum atomic E-state index is -4.79. The zero-order chi connectivity index (χ0) is 26.2. The summed E-state index contributed by atoms with van der Waals surface area (Å²) >= 11 is 6.09. The fourth-order valence-electron chi connectivity index (χ4n) is 3.52. The molecule has 0 unspecified atom stereocenters. The molecule has 36 heavy (non-hydrogen) atoms. The lowest BCUT2D eigenvalue weighted by Crippen LogP contribution is -2.32. The minimum absolute atomic E-state index is 0.00400. The van der Waals surface area contributed by atoms with Crippen molar-refractivity contribution in [2.45, 2.75) is 45.7 Å². The second-order valence-corrected chi connectivity index (χ2v) is 8.38. The standard InChI is InChI=1S/C22H20ClF4N5O4/c1-11-19(14(23)4-5-28-11)29-20(33)13-8-15(24)16(9-17(13)36-12(2)22(25,26)27)32-21(34)31-6-3-7-35-10-18(31)30-32/h4-5,8-9,12H,3,6-7,10H2,1-2H3,(H,29,33)/t12-/m0/s1. The predicted octanol–water partition coefficient (Wildman–Crippen LogP) is 4.03. The van der Waals surface area contributed by atoms with Crippen LogP contribution in [-0.4, -0.2) is 44.1 Å². The molecule has 0 radical (unpaired) electrons. The summed E-state index contributed by atoms with van der Waals surface area (Å²) in [5.74, 6) is -2.47. The van der Waals surface area contributed by atoms with Crippen molar-refractivity contribution < 1.29 is 31.8 Å². The zero-order valence-corrected chi connectivity index (χ0v) is 19.8. The molecule has 2 aromatic heterocycles. The molecule has 14 heteroatoms. The number of carbonyl (C=O) groups excluding carboxylic acids is 1. The summed E-state index contributed by atoms with van der Waals surface area (Å²) in [5, 5.41) is 6.62. The Morgan fingerprint density at radius 3 is 2.78 bits per heavy atom. The third-order valence-corrected chi connectivity index (χ3v) is 5.77. The predicted molar refractivity (Wildman–Crippen MR) is 120 cm³/mol. The molecule has 0 saturated carbocycles. The van der Waals surface area contributed by atoms with E-state index in [0.717, 1.165) is 13.0 Å². The Balaban J connectivity index is 1.80. The number of pyridine rings is 1. The number of nitrogens with zero attached hydrogens (tertiary/aromatic N) is 4. The Labute approximate surface area is 206 Å². The van der Waals surface area contributed by atoms with Crippen LogP contribution in [0.3, 0.4) is 0 Å². The van der Waals surface area contributed by atoms with Crippen LogP contribution < -0.4 is 15.7 Å². The average molecular weight is 530 g/mol. The number of fused-ring (bicyclic) bond motifs is 1. The molecule has 3 aromatic rings. The smallest absolute Gasteiger partial charge is 0.425 e. The number of amides is 1. The van der Waals surface area contributed by atoms with Crippen molar-refractivity contribution in [2.24, 2.45) is 0 Å². The van der Waals surface area contributed by atoms with Gasteiger partial charge in [0.05, 0.1) is 22.0 Å². The number of halogens is 5. The summed E-state index contributed by atoms with van der Waals surface area (Å²) in [6.45, 7) is 2.97. The molecule has 0 spiro atoms. The van der Waals surface area contributed by atoms with E-state index in [-0.39, 0.29) is 29.7 Å². The summed E-state index contributed by atoms with van der Waals surface area (Å²) in [6.07, 6.45) is -5.22. The first kappa shape index (κ1) is 25.6. The number of nitrogens with one attached hydrogen (secondary N) is 1. The van der Waals surface area contributed by atoms with E-state index in [2.05, 4.69) is 15.4 Å². The monoisotopic (exact) mass is 529 g/mol. The topological polar surface area (TPSA) is 100 Å². The molecule has 0 fully saturated rings. The van der Waals surface area contributed by atoms with Crippen LogP contribution >= 0.6 is 11.6 Å². The second kappa shape index (κ2) is 9.90. The molecule has 1 aliphatic rings. The van der Waals surface area contributed by atoms with Gasteiger partial charge in [0.1, 0.15) is 23.9 Å². The Hall–Kier alpha value is -3.45. The number of ether oxygens (including phenoxy) is 2. The molecule has 3 heterocycles. The van der Waals surface area contributed by atoms with Gasteiger partial charge in [-0.05, 0) is 32.4 Å². The highest BCUT2D eigenvalue weighted by Gasteiger charge is 2.39. The van der Waals surface area contributed by atoms with Gasteiger partial charge in [-0.15, -0.1) is 5.10 Å². The SMILES string of the molecule is Cc1nccc(Cl)c1NC(=O)c1cc(F)c(-n2nc3n(c2=O)CCCOC3)cc1O[C@@H](C)C(F)(F)F. The highest BCUT2D eigenvalue weighted by atomic mass is 35.5. The van der Waals surface area contributed by atoms with Crippen LogP contribution in [0.4, 0.5) is 23.2 Å². The summed E-state index contributed by atoms with van der Waals surface area (Å²) in [6, 6.07) is 2.91. The lowest BCUT2D eigenvalue weighted by Gasteiger charge is -2.20. The number of benzene rings is 1. The van der Waals surface area contributed by atoms with Crippen LogP contribution in [0.15, 0.2) is 29.2 Å². The Bertz CT molecular complexity index is 1350. The summed E-state index contributed by atoms with van der Waals surface area (Å²) in [5.41, 5.74) is -1.33. The van der Waals surface area contributed by atoms with Gasteiger partial charge < -0.3 is 14.8 Å². The number of aromatic nitrogens is 4. The molecular weight excluding hydrogens is 510 g/mol. The van der Waals surface area contributed by atoms with Crippen molar-refractivity contribution in [3.8, 4) is 11.4 Å². The maximum Gasteiger partial charge on any atom is 0.425 e. The van der Waals surface area contributed by atoms with Gasteiger partial charge in [0.25, 0.3) is 5.91 Å². The number of alkyl halides is 3. The molecule has 1 amide bonds. The number of aryl methyl sites for hydroxylation is 1. The molecule has 1 atom stereocenters. The lowest BCUT2D eigenvalue weighted by atomic mass is 10.1. The number of rotatable bonds is 5. The van der Waals surface area contributed by atoms with E-state index in [1.165, 1.54) is 16.8 Å². The van der Waals surface area contributed by atoms with Crippen molar-refractivity contribution >= 4 is 23.2 Å². The van der Waals surface area contributed by atoms with Crippen LogP contribution in [0.1, 0.15) is 35.2 Å². The van der Waals surface area contributed by atoms with Gasteiger partial charge in [0.2, 0.25) is 0 Å². The highest BCUT2D eigenvalue weighted by molar-refractivity contribution is 6.34. The minimum Gasteiger partial charge on any atom is -0.480 e. The molecule has 1 N–H and O–H groups in total. The number of hydrogen-bond acceptors (Lipinski definition) is 6. The number of carbonyl (C=O) groups is 1. The molecule has 0 aliphatic carbocycles. The third-order valence-electron chi connectivity index (χ3n) is 5.46. The van der Waals surface area contributed by atoms with Crippen molar-refractivity contribution in [3.05, 3.63) is 62.8 Å². The highest BCUT2D eigenvalue weighted by Crippen LogP contribution is 2.32. The molecule has 0 saturated heterocycles. The summed E-state index contributed by atoms with van der Waals surface area (Å²) in [7, 11) is 0. The van der Waals surface area contributed by atoms with Crippen LogP contribution in [0.25, 0.3) is 5.69 Å².